The molecule has 2 aromatic carbocycles. The maximum absolute atomic E-state index is 13.6. The Labute approximate surface area is 185 Å². The fourth-order valence-corrected chi connectivity index (χ4v) is 6.89. The van der Waals surface area contributed by atoms with Crippen LogP contribution >= 0.6 is 0 Å². The van der Waals surface area contributed by atoms with Crippen molar-refractivity contribution in [2.45, 2.75) is 65.9 Å². The number of alkyl halides is 3. The van der Waals surface area contributed by atoms with Gasteiger partial charge in [0.1, 0.15) is 0 Å². The van der Waals surface area contributed by atoms with E-state index in [4.69, 9.17) is 0 Å². The predicted octanol–water partition coefficient (Wildman–Crippen LogP) is 8.41. The zero-order valence-electron chi connectivity index (χ0n) is 19.4. The molecule has 5 heteroatoms. The van der Waals surface area contributed by atoms with Gasteiger partial charge in [-0.1, -0.05) is 102 Å². The van der Waals surface area contributed by atoms with E-state index in [1.165, 1.54) is 6.07 Å². The molecule has 2 rings (SSSR count). The van der Waals surface area contributed by atoms with E-state index < -0.39 is 25.2 Å². The predicted molar refractivity (Wildman–Crippen MR) is 126 cm³/mol. The van der Waals surface area contributed by atoms with Crippen molar-refractivity contribution in [2.75, 3.05) is 0 Å². The minimum Gasteiger partial charge on any atom is -0.294 e. The topological polar surface area (TPSA) is 17.1 Å². The molecule has 0 N–H and O–H groups in total. The number of hydrogen-bond acceptors (Lipinski definition) is 1. The van der Waals surface area contributed by atoms with Crippen LogP contribution in [-0.4, -0.2) is 13.9 Å². The van der Waals surface area contributed by atoms with E-state index in [0.29, 0.717) is 11.1 Å². The summed E-state index contributed by atoms with van der Waals surface area (Å²) in [7, 11) is -1.87. The van der Waals surface area contributed by atoms with Crippen LogP contribution in [0.3, 0.4) is 0 Å². The Balaban J connectivity index is 2.93. The monoisotopic (exact) mass is 446 g/mol. The number of carbonyl (C=O) groups is 1. The lowest BCUT2D eigenvalue weighted by molar-refractivity contribution is -0.137. The standard InChI is InChI=1S/C26H33F3OSi/c1-7-31(8-2,9-3)18-23(19-13-11-10-12-14-19)22-17-20(26(27,28)29)15-16-21(22)24(30)25(4,5)6/h10-18H,7-9H2,1-6H3/b23-18+. The molecule has 168 valence electrons. The molecule has 0 aromatic heterocycles. The van der Waals surface area contributed by atoms with Crippen LogP contribution in [0, 0.1) is 5.41 Å². The second-order valence-electron chi connectivity index (χ2n) is 9.18. The van der Waals surface area contributed by atoms with Gasteiger partial charge >= 0.3 is 6.18 Å². The molecule has 0 aliphatic carbocycles. The zero-order valence-corrected chi connectivity index (χ0v) is 20.4. The van der Waals surface area contributed by atoms with Crippen molar-refractivity contribution in [3.63, 3.8) is 0 Å². The van der Waals surface area contributed by atoms with Crippen molar-refractivity contribution in [3.8, 4) is 0 Å². The largest absolute Gasteiger partial charge is 0.416 e. The Morgan fingerprint density at radius 3 is 1.87 bits per heavy atom. The summed E-state index contributed by atoms with van der Waals surface area (Å²) in [4.78, 5) is 13.3. The molecule has 0 amide bonds. The maximum Gasteiger partial charge on any atom is 0.416 e. The van der Waals surface area contributed by atoms with Gasteiger partial charge in [-0.05, 0) is 28.8 Å². The van der Waals surface area contributed by atoms with Gasteiger partial charge in [0, 0.05) is 11.0 Å². The van der Waals surface area contributed by atoms with Gasteiger partial charge in [-0.3, -0.25) is 4.79 Å². The van der Waals surface area contributed by atoms with Crippen molar-refractivity contribution >= 4 is 19.4 Å². The molecule has 0 unspecified atom stereocenters. The third-order valence-electron chi connectivity index (χ3n) is 6.21. The second-order valence-corrected chi connectivity index (χ2v) is 14.3. The lowest BCUT2D eigenvalue weighted by atomic mass is 9.82. The van der Waals surface area contributed by atoms with Gasteiger partial charge in [0.15, 0.2) is 5.78 Å². The Morgan fingerprint density at radius 1 is 0.871 bits per heavy atom. The minimum absolute atomic E-state index is 0.158. The van der Waals surface area contributed by atoms with Crippen LogP contribution < -0.4 is 0 Å². The lowest BCUT2D eigenvalue weighted by Crippen LogP contribution is -2.29. The highest BCUT2D eigenvalue weighted by atomic mass is 28.3. The third-order valence-corrected chi connectivity index (χ3v) is 11.3. The fraction of sp³-hybridized carbons (Fsp3) is 0.423. The fourth-order valence-electron chi connectivity index (χ4n) is 3.84. The minimum atomic E-state index is -4.48. The van der Waals surface area contributed by atoms with E-state index >= 15 is 0 Å². The molecule has 0 saturated heterocycles. The molecule has 0 atom stereocenters. The maximum atomic E-state index is 13.6. The molecule has 0 radical (unpaired) electrons. The highest BCUT2D eigenvalue weighted by Crippen LogP contribution is 2.38. The number of Topliss-reactive ketones (excluding diaryl/α,β-unsaturated/α-hetero) is 1. The highest BCUT2D eigenvalue weighted by molar-refractivity contribution is 6.85. The Bertz CT molecular complexity index is 925. The third kappa shape index (κ3) is 5.76. The summed E-state index contributed by atoms with van der Waals surface area (Å²) in [6, 6.07) is 16.0. The Morgan fingerprint density at radius 2 is 1.42 bits per heavy atom. The van der Waals surface area contributed by atoms with Gasteiger partial charge in [-0.25, -0.2) is 0 Å². The summed E-state index contributed by atoms with van der Waals surface area (Å²) in [5, 5.41) is 0. The average molecular weight is 447 g/mol. The molecule has 31 heavy (non-hydrogen) atoms. The van der Waals surface area contributed by atoms with Gasteiger partial charge in [0.05, 0.1) is 13.6 Å². The van der Waals surface area contributed by atoms with Crippen molar-refractivity contribution in [1.29, 1.82) is 0 Å². The first-order valence-corrected chi connectivity index (χ1v) is 13.6. The Kier molecular flexibility index (Phi) is 7.74. The van der Waals surface area contributed by atoms with Crippen LogP contribution in [0.2, 0.25) is 18.1 Å². The number of benzene rings is 2. The van der Waals surface area contributed by atoms with E-state index in [-0.39, 0.29) is 5.78 Å². The van der Waals surface area contributed by atoms with E-state index in [0.717, 1.165) is 41.4 Å². The SMILES string of the molecule is CC[Si](/C=C(\c1ccccc1)c1cc(C(F)(F)F)ccc1C(=O)C(C)(C)C)(CC)CC. The first-order chi connectivity index (χ1) is 14.4. The molecule has 0 heterocycles. The van der Waals surface area contributed by atoms with Crippen molar-refractivity contribution < 1.29 is 18.0 Å². The van der Waals surface area contributed by atoms with Crippen LogP contribution in [0.25, 0.3) is 5.57 Å². The summed E-state index contributed by atoms with van der Waals surface area (Å²) in [6.07, 6.45) is -4.48. The van der Waals surface area contributed by atoms with Crippen LogP contribution in [0.5, 0.6) is 0 Å². The normalized spacial score (nSPS) is 13.4. The van der Waals surface area contributed by atoms with Crippen LogP contribution in [0.15, 0.2) is 54.2 Å². The molecular weight excluding hydrogens is 413 g/mol. The molecule has 0 fully saturated rings. The van der Waals surface area contributed by atoms with Crippen LogP contribution in [-0.2, 0) is 6.18 Å². The Hall–Kier alpha value is -2.14. The highest BCUT2D eigenvalue weighted by Gasteiger charge is 2.34. The second kappa shape index (κ2) is 9.56. The van der Waals surface area contributed by atoms with Crippen molar-refractivity contribution in [1.82, 2.24) is 0 Å². The molecule has 0 aliphatic rings. The number of ketones is 1. The molecule has 0 aliphatic heterocycles. The molecule has 0 spiro atoms. The summed E-state index contributed by atoms with van der Waals surface area (Å²) in [5.74, 6) is -0.158. The zero-order chi connectivity index (χ0) is 23.4. The van der Waals surface area contributed by atoms with Crippen LogP contribution in [0.1, 0.15) is 68.6 Å². The van der Waals surface area contributed by atoms with Crippen molar-refractivity contribution in [2.24, 2.45) is 5.41 Å². The first kappa shape index (κ1) is 25.1. The van der Waals surface area contributed by atoms with Gasteiger partial charge in [0.2, 0.25) is 0 Å². The summed E-state index contributed by atoms with van der Waals surface area (Å²) in [6.45, 7) is 11.9. The van der Waals surface area contributed by atoms with Gasteiger partial charge in [-0.15, -0.1) is 0 Å². The van der Waals surface area contributed by atoms with E-state index in [1.54, 1.807) is 20.8 Å². The quantitative estimate of drug-likeness (QED) is 0.308. The van der Waals surface area contributed by atoms with E-state index in [9.17, 15) is 18.0 Å². The van der Waals surface area contributed by atoms with E-state index in [2.05, 4.69) is 26.5 Å². The summed E-state index contributed by atoms with van der Waals surface area (Å²) in [5.41, 5.74) is 3.12. The number of halogens is 3. The van der Waals surface area contributed by atoms with Crippen LogP contribution in [0.4, 0.5) is 13.2 Å². The number of rotatable bonds is 7. The molecular formula is C26H33F3OSi. The van der Waals surface area contributed by atoms with Gasteiger partial charge in [-0.2, -0.15) is 13.2 Å². The van der Waals surface area contributed by atoms with Gasteiger partial charge in [0.25, 0.3) is 0 Å². The van der Waals surface area contributed by atoms with E-state index in [1.807, 2.05) is 30.3 Å². The molecule has 2 aromatic rings. The molecule has 0 saturated carbocycles. The molecule has 1 nitrogen and oxygen atoms in total. The van der Waals surface area contributed by atoms with Gasteiger partial charge < -0.3 is 0 Å². The smallest absolute Gasteiger partial charge is 0.294 e. The van der Waals surface area contributed by atoms with Crippen molar-refractivity contribution in [3.05, 3.63) is 76.5 Å². The lowest BCUT2D eigenvalue weighted by Gasteiger charge is -2.27. The average Bonchev–Trinajstić information content (AvgIpc) is 2.73. The number of hydrogen-bond donors (Lipinski definition) is 0. The number of carbonyl (C=O) groups excluding carboxylic acids is 1. The molecule has 0 bridgehead atoms. The summed E-state index contributed by atoms with van der Waals surface area (Å²) < 4.78 is 40.9. The first-order valence-electron chi connectivity index (χ1n) is 10.9. The summed E-state index contributed by atoms with van der Waals surface area (Å²) >= 11 is 0.